The standard InChI is InChI=1S/C22H26N2O7/c1-27-21(25)17-9-13(5-7-19(17)23)29-11-15-3-4-16(31-15)12-30-14-6-8-20(24)18(10-14)22(26)28-2/h5-10,15-16H,3-4,11-12,23-24H2,1-2H3. The van der Waals surface area contributed by atoms with Gasteiger partial charge in [-0.15, -0.1) is 0 Å². The Bertz CT molecular complexity index is 872. The number of carbonyl (C=O) groups excluding carboxylic acids is 2. The molecule has 1 aliphatic heterocycles. The first-order valence-electron chi connectivity index (χ1n) is 9.78. The van der Waals surface area contributed by atoms with Gasteiger partial charge in [0.05, 0.1) is 37.6 Å². The Morgan fingerprint density at radius 2 is 1.26 bits per heavy atom. The second-order valence-corrected chi connectivity index (χ2v) is 7.06. The first-order valence-corrected chi connectivity index (χ1v) is 9.78. The van der Waals surface area contributed by atoms with Gasteiger partial charge in [0.25, 0.3) is 0 Å². The van der Waals surface area contributed by atoms with E-state index in [9.17, 15) is 9.59 Å². The van der Waals surface area contributed by atoms with Crippen LogP contribution in [-0.4, -0.2) is 51.6 Å². The number of ether oxygens (including phenoxy) is 5. The highest BCUT2D eigenvalue weighted by atomic mass is 16.6. The van der Waals surface area contributed by atoms with Crippen molar-refractivity contribution in [3.63, 3.8) is 0 Å². The lowest BCUT2D eigenvalue weighted by atomic mass is 10.1. The Hall–Kier alpha value is -3.46. The van der Waals surface area contributed by atoms with E-state index in [1.54, 1.807) is 36.4 Å². The Labute approximate surface area is 180 Å². The van der Waals surface area contributed by atoms with Crippen LogP contribution in [0.1, 0.15) is 33.6 Å². The summed E-state index contributed by atoms with van der Waals surface area (Å²) in [5.41, 5.74) is 12.8. The third kappa shape index (κ3) is 5.58. The molecule has 9 heteroatoms. The molecule has 1 fully saturated rings. The van der Waals surface area contributed by atoms with E-state index in [1.807, 2.05) is 0 Å². The zero-order chi connectivity index (χ0) is 22.4. The van der Waals surface area contributed by atoms with E-state index in [0.717, 1.165) is 12.8 Å². The largest absolute Gasteiger partial charge is 0.491 e. The molecule has 3 rings (SSSR count). The van der Waals surface area contributed by atoms with Gasteiger partial charge >= 0.3 is 11.9 Å². The number of hydrogen-bond donors (Lipinski definition) is 2. The third-order valence-electron chi connectivity index (χ3n) is 4.93. The molecule has 31 heavy (non-hydrogen) atoms. The van der Waals surface area contributed by atoms with Gasteiger partial charge in [-0.2, -0.15) is 0 Å². The van der Waals surface area contributed by atoms with Crippen LogP contribution in [-0.2, 0) is 14.2 Å². The molecule has 2 aromatic carbocycles. The van der Waals surface area contributed by atoms with Crippen molar-refractivity contribution in [2.75, 3.05) is 38.9 Å². The van der Waals surface area contributed by atoms with E-state index < -0.39 is 11.9 Å². The van der Waals surface area contributed by atoms with Crippen molar-refractivity contribution in [1.82, 2.24) is 0 Å². The van der Waals surface area contributed by atoms with Crippen LogP contribution in [0.2, 0.25) is 0 Å². The second-order valence-electron chi connectivity index (χ2n) is 7.06. The number of anilines is 2. The van der Waals surface area contributed by atoms with E-state index in [0.29, 0.717) is 36.1 Å². The van der Waals surface area contributed by atoms with Gasteiger partial charge in [0.1, 0.15) is 24.7 Å². The van der Waals surface area contributed by atoms with Crippen molar-refractivity contribution in [3.8, 4) is 11.5 Å². The number of hydrogen-bond acceptors (Lipinski definition) is 9. The number of nitrogen functional groups attached to an aromatic ring is 2. The zero-order valence-corrected chi connectivity index (χ0v) is 17.5. The van der Waals surface area contributed by atoms with Gasteiger partial charge in [-0.3, -0.25) is 0 Å². The van der Waals surface area contributed by atoms with E-state index in [1.165, 1.54) is 14.2 Å². The van der Waals surface area contributed by atoms with Gasteiger partial charge < -0.3 is 35.2 Å². The fourth-order valence-electron chi connectivity index (χ4n) is 3.23. The van der Waals surface area contributed by atoms with Crippen LogP contribution in [0.4, 0.5) is 11.4 Å². The molecule has 0 aliphatic carbocycles. The summed E-state index contributed by atoms with van der Waals surface area (Å²) >= 11 is 0. The Morgan fingerprint density at radius 1 is 0.839 bits per heavy atom. The molecule has 0 spiro atoms. The van der Waals surface area contributed by atoms with Gasteiger partial charge in [0.2, 0.25) is 0 Å². The average molecular weight is 430 g/mol. The first kappa shape index (κ1) is 22.2. The molecule has 0 aromatic heterocycles. The SMILES string of the molecule is COC(=O)c1cc(OCC2CCC(COc3ccc(N)c(C(=O)OC)c3)O2)ccc1N. The molecule has 166 valence electrons. The predicted molar refractivity (Wildman–Crippen MR) is 113 cm³/mol. The van der Waals surface area contributed by atoms with Crippen molar-refractivity contribution >= 4 is 23.3 Å². The van der Waals surface area contributed by atoms with Crippen LogP contribution in [0.25, 0.3) is 0 Å². The lowest BCUT2D eigenvalue weighted by molar-refractivity contribution is -0.00232. The fourth-order valence-corrected chi connectivity index (χ4v) is 3.23. The molecule has 0 saturated carbocycles. The van der Waals surface area contributed by atoms with Crippen molar-refractivity contribution in [2.24, 2.45) is 0 Å². The highest BCUT2D eigenvalue weighted by Crippen LogP contribution is 2.25. The number of benzene rings is 2. The third-order valence-corrected chi connectivity index (χ3v) is 4.93. The Morgan fingerprint density at radius 3 is 1.65 bits per heavy atom. The van der Waals surface area contributed by atoms with Gasteiger partial charge in [-0.05, 0) is 49.2 Å². The summed E-state index contributed by atoms with van der Waals surface area (Å²) in [6.07, 6.45) is 1.40. The molecule has 2 atom stereocenters. The van der Waals surface area contributed by atoms with Crippen molar-refractivity contribution < 1.29 is 33.3 Å². The van der Waals surface area contributed by atoms with Crippen LogP contribution < -0.4 is 20.9 Å². The lowest BCUT2D eigenvalue weighted by Gasteiger charge is -2.16. The van der Waals surface area contributed by atoms with Crippen LogP contribution in [0.5, 0.6) is 11.5 Å². The minimum Gasteiger partial charge on any atom is -0.491 e. The van der Waals surface area contributed by atoms with Crippen molar-refractivity contribution in [1.29, 1.82) is 0 Å². The molecule has 0 radical (unpaired) electrons. The number of esters is 2. The zero-order valence-electron chi connectivity index (χ0n) is 17.5. The van der Waals surface area contributed by atoms with Crippen molar-refractivity contribution in [2.45, 2.75) is 25.0 Å². The average Bonchev–Trinajstić information content (AvgIpc) is 3.24. The monoisotopic (exact) mass is 430 g/mol. The number of rotatable bonds is 8. The van der Waals surface area contributed by atoms with Crippen LogP contribution in [0.15, 0.2) is 36.4 Å². The molecule has 2 aromatic rings. The molecule has 1 heterocycles. The van der Waals surface area contributed by atoms with Crippen LogP contribution in [0.3, 0.4) is 0 Å². The van der Waals surface area contributed by atoms with Crippen LogP contribution >= 0.6 is 0 Å². The fraction of sp³-hybridized carbons (Fsp3) is 0.364. The van der Waals surface area contributed by atoms with Crippen molar-refractivity contribution in [3.05, 3.63) is 47.5 Å². The molecular weight excluding hydrogens is 404 g/mol. The molecular formula is C22H26N2O7. The molecule has 4 N–H and O–H groups in total. The quantitative estimate of drug-likeness (QED) is 0.478. The summed E-state index contributed by atoms with van der Waals surface area (Å²) in [6.45, 7) is 0.658. The number of nitrogens with two attached hydrogens (primary N) is 2. The normalized spacial score (nSPS) is 17.7. The van der Waals surface area contributed by atoms with E-state index in [-0.39, 0.29) is 23.3 Å². The summed E-state index contributed by atoms with van der Waals surface area (Å²) in [7, 11) is 2.59. The second kappa shape index (κ2) is 10.0. The Kier molecular flexibility index (Phi) is 7.19. The Balaban J connectivity index is 1.49. The maximum Gasteiger partial charge on any atom is 0.340 e. The predicted octanol–water partition coefficient (Wildman–Crippen LogP) is 2.43. The van der Waals surface area contributed by atoms with Gasteiger partial charge in [-0.1, -0.05) is 0 Å². The molecule has 0 bridgehead atoms. The van der Waals surface area contributed by atoms with Gasteiger partial charge in [0.15, 0.2) is 0 Å². The maximum atomic E-state index is 11.7. The van der Waals surface area contributed by atoms with E-state index >= 15 is 0 Å². The topological polar surface area (TPSA) is 132 Å². The van der Waals surface area contributed by atoms with E-state index in [4.69, 9.17) is 35.2 Å². The number of methoxy groups -OCH3 is 2. The summed E-state index contributed by atoms with van der Waals surface area (Å²) < 4.78 is 26.9. The molecule has 1 saturated heterocycles. The molecule has 0 amide bonds. The summed E-state index contributed by atoms with van der Waals surface area (Å²) in [5, 5.41) is 0. The molecule has 9 nitrogen and oxygen atoms in total. The highest BCUT2D eigenvalue weighted by molar-refractivity contribution is 5.96. The molecule has 2 unspecified atom stereocenters. The minimum absolute atomic E-state index is 0.107. The van der Waals surface area contributed by atoms with Gasteiger partial charge in [0, 0.05) is 11.4 Å². The first-order chi connectivity index (χ1) is 14.9. The smallest absolute Gasteiger partial charge is 0.340 e. The highest BCUT2D eigenvalue weighted by Gasteiger charge is 2.26. The van der Waals surface area contributed by atoms with Crippen LogP contribution in [0, 0.1) is 0 Å². The lowest BCUT2D eigenvalue weighted by Crippen LogP contribution is -2.22. The molecule has 1 aliphatic rings. The minimum atomic E-state index is -0.518. The maximum absolute atomic E-state index is 11.7. The van der Waals surface area contributed by atoms with Gasteiger partial charge in [-0.25, -0.2) is 9.59 Å². The summed E-state index contributed by atoms with van der Waals surface area (Å²) in [6, 6.07) is 9.69. The number of carbonyl (C=O) groups is 2. The van der Waals surface area contributed by atoms with E-state index in [2.05, 4.69) is 0 Å². The summed E-state index contributed by atoms with van der Waals surface area (Å²) in [4.78, 5) is 23.5. The summed E-state index contributed by atoms with van der Waals surface area (Å²) in [5.74, 6) is -0.0177.